The fourth-order valence-corrected chi connectivity index (χ4v) is 4.65. The van der Waals surface area contributed by atoms with Crippen LogP contribution in [0.15, 0.2) is 71.9 Å². The van der Waals surface area contributed by atoms with E-state index in [0.717, 1.165) is 39.2 Å². The number of aromatic nitrogens is 2. The Kier molecular flexibility index (Phi) is 8.23. The number of thioether (sulfide) groups is 1. The summed E-state index contributed by atoms with van der Waals surface area (Å²) < 4.78 is 10.6. The van der Waals surface area contributed by atoms with Crippen molar-refractivity contribution in [3.05, 3.63) is 82.3 Å². The zero-order chi connectivity index (χ0) is 24.8. The molecule has 0 aliphatic carbocycles. The molecule has 35 heavy (non-hydrogen) atoms. The number of benzene rings is 3. The van der Waals surface area contributed by atoms with E-state index in [9.17, 15) is 4.79 Å². The minimum absolute atomic E-state index is 0.246. The normalized spacial score (nSPS) is 10.7. The molecule has 180 valence electrons. The number of aromatic amines is 1. The maximum Gasteiger partial charge on any atom is 0.252 e. The number of H-pyrrole nitrogens is 1. The van der Waals surface area contributed by atoms with Gasteiger partial charge in [-0.3, -0.25) is 4.79 Å². The molecule has 9 heteroatoms. The molecule has 1 aromatic heterocycles. The van der Waals surface area contributed by atoms with Crippen molar-refractivity contribution in [1.82, 2.24) is 15.3 Å². The third kappa shape index (κ3) is 6.11. The van der Waals surface area contributed by atoms with E-state index in [0.29, 0.717) is 27.9 Å². The van der Waals surface area contributed by atoms with Crippen molar-refractivity contribution in [3.63, 3.8) is 0 Å². The molecule has 6 nitrogen and oxygen atoms in total. The molecule has 2 N–H and O–H groups in total. The van der Waals surface area contributed by atoms with E-state index in [1.165, 1.54) is 11.8 Å². The van der Waals surface area contributed by atoms with Gasteiger partial charge in [0.1, 0.15) is 11.5 Å². The van der Waals surface area contributed by atoms with E-state index in [1.807, 2.05) is 48.5 Å². The first-order valence-electron chi connectivity index (χ1n) is 10.7. The molecule has 4 rings (SSSR count). The maximum absolute atomic E-state index is 12.4. The molecule has 0 fully saturated rings. The Labute approximate surface area is 218 Å². The molecule has 3 aromatic carbocycles. The number of halogens is 2. The second-order valence-corrected chi connectivity index (χ2v) is 9.38. The topological polar surface area (TPSA) is 76.2 Å². The zero-order valence-electron chi connectivity index (χ0n) is 19.1. The molecule has 4 aromatic rings. The Balaban J connectivity index is 1.49. The number of hydrogen-bond donors (Lipinski definition) is 2. The second kappa shape index (κ2) is 11.5. The lowest BCUT2D eigenvalue weighted by molar-refractivity contribution is 0.0956. The van der Waals surface area contributed by atoms with E-state index in [4.69, 9.17) is 37.7 Å². The van der Waals surface area contributed by atoms with Crippen molar-refractivity contribution in [2.45, 2.75) is 5.16 Å². The Hall–Kier alpha value is -3.13. The molecule has 0 bridgehead atoms. The van der Waals surface area contributed by atoms with Crippen LogP contribution in [0.2, 0.25) is 10.0 Å². The largest absolute Gasteiger partial charge is 0.497 e. The van der Waals surface area contributed by atoms with Crippen LogP contribution in [0.3, 0.4) is 0 Å². The van der Waals surface area contributed by atoms with Crippen LogP contribution in [0.1, 0.15) is 10.4 Å². The highest BCUT2D eigenvalue weighted by molar-refractivity contribution is 7.99. The van der Waals surface area contributed by atoms with Gasteiger partial charge in [0, 0.05) is 28.4 Å². The summed E-state index contributed by atoms with van der Waals surface area (Å²) in [6, 6.07) is 20.4. The van der Waals surface area contributed by atoms with Crippen LogP contribution >= 0.6 is 35.0 Å². The number of nitrogens with zero attached hydrogens (tertiary/aromatic N) is 1. The predicted octanol–water partition coefficient (Wildman–Crippen LogP) is 6.59. The van der Waals surface area contributed by atoms with Gasteiger partial charge in [-0.25, -0.2) is 4.98 Å². The van der Waals surface area contributed by atoms with Gasteiger partial charge < -0.3 is 19.8 Å². The molecule has 0 spiro atoms. The van der Waals surface area contributed by atoms with Crippen LogP contribution in [0.5, 0.6) is 11.5 Å². The number of hydrogen-bond acceptors (Lipinski definition) is 5. The molecule has 0 saturated carbocycles. The van der Waals surface area contributed by atoms with Crippen LogP contribution in [-0.4, -0.2) is 42.4 Å². The Bertz CT molecular complexity index is 1240. The van der Waals surface area contributed by atoms with E-state index < -0.39 is 0 Å². The number of carbonyl (C=O) groups excluding carboxylic acids is 1. The summed E-state index contributed by atoms with van der Waals surface area (Å²) in [6.07, 6.45) is 0. The maximum atomic E-state index is 12.4. The number of amides is 1. The average molecular weight is 528 g/mol. The quantitative estimate of drug-likeness (QED) is 0.189. The Morgan fingerprint density at radius 3 is 2.17 bits per heavy atom. The SMILES string of the molecule is COc1ccc(-c2nc(SCCNC(=O)c3ccc(Cl)cc3Cl)[nH]c2-c2ccc(OC)cc2)cc1. The first-order chi connectivity index (χ1) is 17.0. The van der Waals surface area contributed by atoms with Crippen LogP contribution in [0.4, 0.5) is 0 Å². The van der Waals surface area contributed by atoms with Gasteiger partial charge in [-0.1, -0.05) is 35.0 Å². The first-order valence-corrected chi connectivity index (χ1v) is 12.5. The van der Waals surface area contributed by atoms with Gasteiger partial charge in [-0.05, 0) is 66.7 Å². The highest BCUT2D eigenvalue weighted by Gasteiger charge is 2.16. The predicted molar refractivity (Wildman–Crippen MR) is 142 cm³/mol. The molecule has 0 radical (unpaired) electrons. The van der Waals surface area contributed by atoms with Gasteiger partial charge in [-0.2, -0.15) is 0 Å². The Morgan fingerprint density at radius 2 is 1.57 bits per heavy atom. The highest BCUT2D eigenvalue weighted by atomic mass is 35.5. The molecule has 1 amide bonds. The fourth-order valence-electron chi connectivity index (χ4n) is 3.43. The molecular weight excluding hydrogens is 505 g/mol. The van der Waals surface area contributed by atoms with Gasteiger partial charge in [0.25, 0.3) is 5.91 Å². The van der Waals surface area contributed by atoms with E-state index in [-0.39, 0.29) is 5.91 Å². The summed E-state index contributed by atoms with van der Waals surface area (Å²) >= 11 is 13.6. The van der Waals surface area contributed by atoms with Crippen molar-refractivity contribution in [2.75, 3.05) is 26.5 Å². The summed E-state index contributed by atoms with van der Waals surface area (Å²) in [6.45, 7) is 0.443. The van der Waals surface area contributed by atoms with Crippen molar-refractivity contribution in [1.29, 1.82) is 0 Å². The van der Waals surface area contributed by atoms with Crippen LogP contribution in [0.25, 0.3) is 22.5 Å². The molecule has 0 saturated heterocycles. The van der Waals surface area contributed by atoms with Gasteiger partial charge in [0.2, 0.25) is 0 Å². The third-order valence-electron chi connectivity index (χ3n) is 5.23. The third-order valence-corrected chi connectivity index (χ3v) is 6.65. The Morgan fingerprint density at radius 1 is 0.943 bits per heavy atom. The zero-order valence-corrected chi connectivity index (χ0v) is 21.4. The minimum Gasteiger partial charge on any atom is -0.497 e. The lowest BCUT2D eigenvalue weighted by Gasteiger charge is -2.06. The van der Waals surface area contributed by atoms with Crippen molar-refractivity contribution >= 4 is 40.9 Å². The lowest BCUT2D eigenvalue weighted by Crippen LogP contribution is -2.26. The van der Waals surface area contributed by atoms with Crippen LogP contribution < -0.4 is 14.8 Å². The van der Waals surface area contributed by atoms with Gasteiger partial charge in [0.15, 0.2) is 5.16 Å². The monoisotopic (exact) mass is 527 g/mol. The molecular formula is C26H23Cl2N3O3S. The highest BCUT2D eigenvalue weighted by Crippen LogP contribution is 2.34. The number of rotatable bonds is 9. The minimum atomic E-state index is -0.246. The number of nitrogens with one attached hydrogen (secondary N) is 2. The number of ether oxygens (including phenoxy) is 2. The number of carbonyl (C=O) groups is 1. The molecule has 1 heterocycles. The number of methoxy groups -OCH3 is 2. The summed E-state index contributed by atoms with van der Waals surface area (Å²) in [4.78, 5) is 20.7. The average Bonchev–Trinajstić information content (AvgIpc) is 3.30. The molecule has 0 aliphatic heterocycles. The molecule has 0 atom stereocenters. The van der Waals surface area contributed by atoms with Crippen molar-refractivity contribution in [2.24, 2.45) is 0 Å². The summed E-state index contributed by atoms with van der Waals surface area (Å²) in [5, 5.41) is 4.44. The standard InChI is InChI=1S/C26H23Cl2N3O3S/c1-33-19-8-3-16(4-9-19)23-24(17-5-10-20(34-2)11-6-17)31-26(30-23)35-14-13-29-25(32)21-12-7-18(27)15-22(21)28/h3-12,15H,13-14H2,1-2H3,(H,29,32)(H,30,31). The van der Waals surface area contributed by atoms with E-state index in [1.54, 1.807) is 32.4 Å². The van der Waals surface area contributed by atoms with Gasteiger partial charge in [-0.15, -0.1) is 0 Å². The van der Waals surface area contributed by atoms with E-state index >= 15 is 0 Å². The lowest BCUT2D eigenvalue weighted by atomic mass is 10.0. The van der Waals surface area contributed by atoms with Crippen LogP contribution in [-0.2, 0) is 0 Å². The van der Waals surface area contributed by atoms with Crippen molar-refractivity contribution < 1.29 is 14.3 Å². The smallest absolute Gasteiger partial charge is 0.252 e. The number of imidazole rings is 1. The van der Waals surface area contributed by atoms with E-state index in [2.05, 4.69) is 10.3 Å². The van der Waals surface area contributed by atoms with Crippen molar-refractivity contribution in [3.8, 4) is 34.0 Å². The first kappa shape index (κ1) is 25.0. The molecule has 0 unspecified atom stereocenters. The summed E-state index contributed by atoms with van der Waals surface area (Å²) in [7, 11) is 3.28. The summed E-state index contributed by atoms with van der Waals surface area (Å²) in [5.41, 5.74) is 4.07. The van der Waals surface area contributed by atoms with Gasteiger partial charge >= 0.3 is 0 Å². The fraction of sp³-hybridized carbons (Fsp3) is 0.154. The summed E-state index contributed by atoms with van der Waals surface area (Å²) in [5.74, 6) is 1.94. The second-order valence-electron chi connectivity index (χ2n) is 7.45. The van der Waals surface area contributed by atoms with Crippen LogP contribution in [0, 0.1) is 0 Å². The molecule has 0 aliphatic rings. The van der Waals surface area contributed by atoms with Gasteiger partial charge in [0.05, 0.1) is 36.2 Å².